The number of hydrogen-bond donors (Lipinski definition) is 3. The quantitative estimate of drug-likeness (QED) is 0.432. The Kier molecular flexibility index (Phi) is 5.24. The molecule has 0 unspecified atom stereocenters. The number of fused-ring (bicyclic) bond motifs is 1. The number of aromatic nitrogens is 2. The maximum atomic E-state index is 12.8. The van der Waals surface area contributed by atoms with Gasteiger partial charge in [0.1, 0.15) is 5.82 Å². The summed E-state index contributed by atoms with van der Waals surface area (Å²) in [5, 5.41) is 6.16. The molecule has 0 aliphatic carbocycles. The van der Waals surface area contributed by atoms with Gasteiger partial charge in [-0.2, -0.15) is 0 Å². The molecule has 7 nitrogen and oxygen atoms in total. The molecule has 0 spiro atoms. The van der Waals surface area contributed by atoms with Crippen LogP contribution in [0.2, 0.25) is 0 Å². The minimum absolute atomic E-state index is 0.235. The summed E-state index contributed by atoms with van der Waals surface area (Å²) in [4.78, 5) is 23.4. The van der Waals surface area contributed by atoms with Crippen molar-refractivity contribution in [2.45, 2.75) is 6.04 Å². The molecule has 34 heavy (non-hydrogen) atoms. The molecule has 1 saturated heterocycles. The molecule has 3 N–H and O–H groups in total. The Labute approximate surface area is 197 Å². The standard InChI is InChI=1S/C27H25N5O2/c33-27-30-24(18-6-2-1-3-7-18)23(26-28-21-8-4-5-9-22(21)29-26)25(31-27)19-10-12-20(13-11-19)32-14-16-34-17-15-32/h1-13,25H,14-17H2,(H,28,29)(H2,30,31,33)/t25-/m1/s1. The second-order valence-electron chi connectivity index (χ2n) is 8.48. The van der Waals surface area contributed by atoms with Crippen LogP contribution in [0.15, 0.2) is 78.9 Å². The molecule has 1 aromatic heterocycles. The van der Waals surface area contributed by atoms with Gasteiger partial charge in [-0.1, -0.05) is 54.6 Å². The number of imidazole rings is 1. The van der Waals surface area contributed by atoms with Crippen molar-refractivity contribution in [2.75, 3.05) is 31.2 Å². The zero-order valence-electron chi connectivity index (χ0n) is 18.6. The maximum absolute atomic E-state index is 12.8. The van der Waals surface area contributed by atoms with Crippen LogP contribution in [0.3, 0.4) is 0 Å². The number of benzene rings is 3. The number of urea groups is 1. The first-order valence-corrected chi connectivity index (χ1v) is 11.5. The summed E-state index contributed by atoms with van der Waals surface area (Å²) in [6, 6.07) is 25.7. The lowest BCUT2D eigenvalue weighted by Crippen LogP contribution is -2.43. The topological polar surface area (TPSA) is 82.3 Å². The van der Waals surface area contributed by atoms with E-state index in [2.05, 4.69) is 44.8 Å². The zero-order chi connectivity index (χ0) is 22.9. The number of H-pyrrole nitrogens is 1. The molecule has 3 heterocycles. The monoisotopic (exact) mass is 451 g/mol. The number of carbonyl (C=O) groups excluding carboxylic acids is 1. The Morgan fingerprint density at radius 2 is 1.62 bits per heavy atom. The Hall–Kier alpha value is -4.10. The lowest BCUT2D eigenvalue weighted by Gasteiger charge is -2.31. The molecule has 7 heteroatoms. The van der Waals surface area contributed by atoms with E-state index in [4.69, 9.17) is 9.72 Å². The maximum Gasteiger partial charge on any atom is 0.320 e. The fourth-order valence-electron chi connectivity index (χ4n) is 4.68. The predicted octanol–water partition coefficient (Wildman–Crippen LogP) is 4.32. The van der Waals surface area contributed by atoms with Crippen LogP contribution < -0.4 is 15.5 Å². The SMILES string of the molecule is O=C1NC(c2ccccc2)=C(c2nc3ccccc3[nH]2)[C@@H](c2ccc(N3CCOCC3)cc2)N1. The molecular weight excluding hydrogens is 426 g/mol. The molecule has 4 aromatic rings. The fraction of sp³-hybridized carbons (Fsp3) is 0.185. The molecule has 2 aliphatic heterocycles. The number of amides is 2. The van der Waals surface area contributed by atoms with Crippen LogP contribution in [0, 0.1) is 0 Å². The number of ether oxygens (including phenoxy) is 1. The minimum Gasteiger partial charge on any atom is -0.378 e. The molecule has 170 valence electrons. The van der Waals surface area contributed by atoms with Crippen LogP contribution in [0.4, 0.5) is 10.5 Å². The lowest BCUT2D eigenvalue weighted by molar-refractivity contribution is 0.122. The van der Waals surface area contributed by atoms with Crippen LogP contribution in [-0.4, -0.2) is 42.3 Å². The van der Waals surface area contributed by atoms with Gasteiger partial charge in [-0.15, -0.1) is 0 Å². The number of nitrogens with zero attached hydrogens (tertiary/aromatic N) is 2. The number of aromatic amines is 1. The first-order valence-electron chi connectivity index (χ1n) is 11.5. The van der Waals surface area contributed by atoms with E-state index in [0.717, 1.165) is 71.2 Å². The number of morpholine rings is 1. The molecule has 0 radical (unpaired) electrons. The molecule has 6 rings (SSSR count). The van der Waals surface area contributed by atoms with Gasteiger partial charge in [0.25, 0.3) is 0 Å². The van der Waals surface area contributed by atoms with Gasteiger partial charge < -0.3 is 25.3 Å². The normalized spacial score (nSPS) is 18.6. The number of rotatable bonds is 4. The zero-order valence-corrected chi connectivity index (χ0v) is 18.6. The van der Waals surface area contributed by atoms with Crippen LogP contribution in [0.25, 0.3) is 22.3 Å². The minimum atomic E-state index is -0.358. The summed E-state index contributed by atoms with van der Waals surface area (Å²) in [6.07, 6.45) is 0. The summed E-state index contributed by atoms with van der Waals surface area (Å²) in [7, 11) is 0. The second kappa shape index (κ2) is 8.68. The first-order chi connectivity index (χ1) is 16.8. The van der Waals surface area contributed by atoms with Crippen molar-refractivity contribution < 1.29 is 9.53 Å². The fourth-order valence-corrected chi connectivity index (χ4v) is 4.68. The third-order valence-electron chi connectivity index (χ3n) is 6.38. The third kappa shape index (κ3) is 3.80. The average Bonchev–Trinajstić information content (AvgIpc) is 3.33. The summed E-state index contributed by atoms with van der Waals surface area (Å²) < 4.78 is 5.48. The van der Waals surface area contributed by atoms with Gasteiger partial charge in [0.2, 0.25) is 0 Å². The van der Waals surface area contributed by atoms with Crippen LogP contribution in [-0.2, 0) is 4.74 Å². The predicted molar refractivity (Wildman–Crippen MR) is 133 cm³/mol. The van der Waals surface area contributed by atoms with Crippen molar-refractivity contribution in [1.29, 1.82) is 0 Å². The van der Waals surface area contributed by atoms with E-state index in [1.807, 2.05) is 54.6 Å². The van der Waals surface area contributed by atoms with Gasteiger partial charge in [-0.05, 0) is 35.4 Å². The number of nitrogens with one attached hydrogen (secondary N) is 3. The van der Waals surface area contributed by atoms with Gasteiger partial charge in [0.15, 0.2) is 0 Å². The highest BCUT2D eigenvalue weighted by Crippen LogP contribution is 2.38. The molecule has 2 aliphatic rings. The van der Waals surface area contributed by atoms with Crippen molar-refractivity contribution in [2.24, 2.45) is 0 Å². The molecular formula is C27H25N5O2. The van der Waals surface area contributed by atoms with E-state index in [1.54, 1.807) is 0 Å². The number of anilines is 1. The number of carbonyl (C=O) groups is 1. The van der Waals surface area contributed by atoms with Crippen molar-refractivity contribution >= 4 is 34.0 Å². The summed E-state index contributed by atoms with van der Waals surface area (Å²) >= 11 is 0. The van der Waals surface area contributed by atoms with Gasteiger partial charge in [0.05, 0.1) is 36.0 Å². The largest absolute Gasteiger partial charge is 0.378 e. The van der Waals surface area contributed by atoms with Gasteiger partial charge in [-0.25, -0.2) is 9.78 Å². The molecule has 1 atom stereocenters. The van der Waals surface area contributed by atoms with E-state index in [9.17, 15) is 4.79 Å². The highest BCUT2D eigenvalue weighted by molar-refractivity contribution is 6.02. The van der Waals surface area contributed by atoms with Crippen LogP contribution in [0.1, 0.15) is 23.0 Å². The number of hydrogen-bond acceptors (Lipinski definition) is 4. The first kappa shape index (κ1) is 20.5. The highest BCUT2D eigenvalue weighted by atomic mass is 16.5. The highest BCUT2D eigenvalue weighted by Gasteiger charge is 2.32. The Balaban J connectivity index is 1.47. The third-order valence-corrected chi connectivity index (χ3v) is 6.38. The number of para-hydroxylation sites is 2. The van der Waals surface area contributed by atoms with Crippen molar-refractivity contribution in [1.82, 2.24) is 20.6 Å². The van der Waals surface area contributed by atoms with E-state index >= 15 is 0 Å². The Morgan fingerprint density at radius 3 is 2.38 bits per heavy atom. The average molecular weight is 452 g/mol. The Bertz CT molecular complexity index is 1320. The van der Waals surface area contributed by atoms with Gasteiger partial charge in [0, 0.05) is 24.4 Å². The Morgan fingerprint density at radius 1 is 0.882 bits per heavy atom. The second-order valence-corrected chi connectivity index (χ2v) is 8.48. The lowest BCUT2D eigenvalue weighted by atomic mass is 9.92. The molecule has 0 saturated carbocycles. The van der Waals surface area contributed by atoms with Crippen molar-refractivity contribution in [3.8, 4) is 0 Å². The van der Waals surface area contributed by atoms with E-state index in [-0.39, 0.29) is 12.1 Å². The van der Waals surface area contributed by atoms with Crippen molar-refractivity contribution in [3.05, 3.63) is 95.8 Å². The molecule has 2 amide bonds. The smallest absolute Gasteiger partial charge is 0.320 e. The summed E-state index contributed by atoms with van der Waals surface area (Å²) in [6.45, 7) is 3.24. The molecule has 3 aromatic carbocycles. The molecule has 0 bridgehead atoms. The van der Waals surface area contributed by atoms with E-state index in [1.165, 1.54) is 0 Å². The summed E-state index contributed by atoms with van der Waals surface area (Å²) in [5.41, 5.74) is 6.58. The molecule has 1 fully saturated rings. The van der Waals surface area contributed by atoms with Gasteiger partial charge in [-0.3, -0.25) is 0 Å². The van der Waals surface area contributed by atoms with E-state index in [0.29, 0.717) is 0 Å². The van der Waals surface area contributed by atoms with Crippen molar-refractivity contribution in [3.63, 3.8) is 0 Å². The van der Waals surface area contributed by atoms with Crippen LogP contribution in [0.5, 0.6) is 0 Å². The van der Waals surface area contributed by atoms with E-state index < -0.39 is 0 Å². The summed E-state index contributed by atoms with van der Waals surface area (Å²) in [5.74, 6) is 0.731. The van der Waals surface area contributed by atoms with Gasteiger partial charge >= 0.3 is 6.03 Å². The van der Waals surface area contributed by atoms with Crippen LogP contribution >= 0.6 is 0 Å².